The first-order chi connectivity index (χ1) is 6.77. The summed E-state index contributed by atoms with van der Waals surface area (Å²) in [5.41, 5.74) is 1.08. The van der Waals surface area contributed by atoms with Gasteiger partial charge in [-0.2, -0.15) is 0 Å². The van der Waals surface area contributed by atoms with Crippen LogP contribution in [0.2, 0.25) is 0 Å². The van der Waals surface area contributed by atoms with Gasteiger partial charge in [-0.25, -0.2) is 0 Å². The van der Waals surface area contributed by atoms with Crippen LogP contribution < -0.4 is 4.74 Å². The fourth-order valence-corrected chi connectivity index (χ4v) is 1.02. The van der Waals surface area contributed by atoms with Gasteiger partial charge in [0.25, 0.3) is 0 Å². The molecule has 0 unspecified atom stereocenters. The number of hydrogen-bond acceptors (Lipinski definition) is 4. The second kappa shape index (κ2) is 7.29. The number of rotatable bonds is 3. The molecule has 0 atom stereocenters. The molecule has 0 heterocycles. The van der Waals surface area contributed by atoms with E-state index in [2.05, 4.69) is 19.5 Å². The maximum absolute atomic E-state index is 9.25. The van der Waals surface area contributed by atoms with Crippen molar-refractivity contribution in [3.63, 3.8) is 0 Å². The van der Waals surface area contributed by atoms with Crippen molar-refractivity contribution in [1.82, 2.24) is 0 Å². The fraction of sp³-hybridized carbons (Fsp3) is 0.200. The first-order valence-corrected chi connectivity index (χ1v) is 4.34. The Hall–Kier alpha value is -1.13. The Labute approximate surface area is 89.3 Å². The molecule has 4 heteroatoms. The van der Waals surface area contributed by atoms with E-state index in [1.165, 1.54) is 7.11 Å². The van der Waals surface area contributed by atoms with E-state index >= 15 is 0 Å². The van der Waals surface area contributed by atoms with E-state index in [1.807, 2.05) is 12.1 Å². The van der Waals surface area contributed by atoms with Gasteiger partial charge in [-0.1, -0.05) is 12.1 Å². The number of benzene rings is 1. The average molecular weight is 214 g/mol. The third-order valence-electron chi connectivity index (χ3n) is 1.62. The summed E-state index contributed by atoms with van der Waals surface area (Å²) >= 11 is 2.53. The SMILES string of the molecule is C=CCc1ccc(O)c(OC)c1.OS. The number of hydrogen-bond donors (Lipinski definition) is 3. The van der Waals surface area contributed by atoms with Gasteiger partial charge in [-0.05, 0) is 37.0 Å². The van der Waals surface area contributed by atoms with Crippen molar-refractivity contribution in [2.24, 2.45) is 0 Å². The molecule has 78 valence electrons. The Morgan fingerprint density at radius 3 is 2.64 bits per heavy atom. The first kappa shape index (κ1) is 12.9. The van der Waals surface area contributed by atoms with Crippen molar-refractivity contribution in [1.29, 1.82) is 0 Å². The molecule has 0 bridgehead atoms. The monoisotopic (exact) mass is 214 g/mol. The van der Waals surface area contributed by atoms with Crippen LogP contribution >= 0.6 is 12.9 Å². The standard InChI is InChI=1S/C10H12O2.H2OS/c1-3-4-8-5-6-9(11)10(7-8)12-2;1-2/h3,5-7,11H,1,4H2,2H3;1-2H. The summed E-state index contributed by atoms with van der Waals surface area (Å²) < 4.78 is 11.6. The normalized spacial score (nSPS) is 8.50. The van der Waals surface area contributed by atoms with Gasteiger partial charge in [-0.15, -0.1) is 6.58 Å². The van der Waals surface area contributed by atoms with E-state index in [1.54, 1.807) is 12.1 Å². The number of phenolic OH excluding ortho intramolecular Hbond substituents is 1. The van der Waals surface area contributed by atoms with Crippen LogP contribution in [-0.2, 0) is 6.42 Å². The van der Waals surface area contributed by atoms with Crippen LogP contribution in [0.4, 0.5) is 0 Å². The van der Waals surface area contributed by atoms with Gasteiger partial charge >= 0.3 is 0 Å². The summed E-state index contributed by atoms with van der Waals surface area (Å²) in [4.78, 5) is 0. The molecule has 0 fully saturated rings. The van der Waals surface area contributed by atoms with Crippen LogP contribution in [0.25, 0.3) is 0 Å². The van der Waals surface area contributed by atoms with E-state index in [4.69, 9.17) is 9.29 Å². The molecule has 0 saturated heterocycles. The molecule has 1 aromatic rings. The van der Waals surface area contributed by atoms with E-state index in [-0.39, 0.29) is 5.75 Å². The zero-order valence-electron chi connectivity index (χ0n) is 7.97. The smallest absolute Gasteiger partial charge is 0.160 e. The summed E-state index contributed by atoms with van der Waals surface area (Å²) in [6, 6.07) is 5.27. The van der Waals surface area contributed by atoms with Crippen molar-refractivity contribution < 1.29 is 14.4 Å². The summed E-state index contributed by atoms with van der Waals surface area (Å²) in [6.45, 7) is 3.63. The molecule has 0 aromatic heterocycles. The van der Waals surface area contributed by atoms with Gasteiger partial charge in [-0.3, -0.25) is 0 Å². The Kier molecular flexibility index (Phi) is 6.70. The van der Waals surface area contributed by atoms with E-state index in [9.17, 15) is 5.11 Å². The third kappa shape index (κ3) is 3.72. The zero-order chi connectivity index (χ0) is 11.0. The number of methoxy groups -OCH3 is 1. The van der Waals surface area contributed by atoms with Gasteiger partial charge in [0.05, 0.1) is 7.11 Å². The van der Waals surface area contributed by atoms with E-state index in [0.717, 1.165) is 12.0 Å². The summed E-state index contributed by atoms with van der Waals surface area (Å²) in [7, 11) is 1.53. The van der Waals surface area contributed by atoms with Crippen LogP contribution in [0.1, 0.15) is 5.56 Å². The van der Waals surface area contributed by atoms with Gasteiger partial charge < -0.3 is 14.4 Å². The Morgan fingerprint density at radius 1 is 1.50 bits per heavy atom. The molecule has 0 aliphatic rings. The molecule has 0 amide bonds. The van der Waals surface area contributed by atoms with E-state index < -0.39 is 0 Å². The molecule has 1 rings (SSSR count). The molecule has 0 radical (unpaired) electrons. The second-order valence-electron chi connectivity index (χ2n) is 2.50. The maximum Gasteiger partial charge on any atom is 0.160 e. The fourth-order valence-electron chi connectivity index (χ4n) is 1.02. The van der Waals surface area contributed by atoms with Crippen molar-refractivity contribution in [3.05, 3.63) is 36.4 Å². The Morgan fingerprint density at radius 2 is 2.14 bits per heavy atom. The van der Waals surface area contributed by atoms with Gasteiger partial charge in [0.1, 0.15) is 0 Å². The molecule has 0 spiro atoms. The average Bonchev–Trinajstić information content (AvgIpc) is 2.24. The van der Waals surface area contributed by atoms with E-state index in [0.29, 0.717) is 5.75 Å². The highest BCUT2D eigenvalue weighted by Gasteiger charge is 2.00. The van der Waals surface area contributed by atoms with Crippen LogP contribution in [0.5, 0.6) is 11.5 Å². The van der Waals surface area contributed by atoms with Crippen LogP contribution in [-0.4, -0.2) is 16.8 Å². The Bertz CT molecular complexity index is 287. The number of thiol groups is 1. The lowest BCUT2D eigenvalue weighted by molar-refractivity contribution is 0.373. The lowest BCUT2D eigenvalue weighted by Crippen LogP contribution is -1.86. The molecule has 0 saturated carbocycles. The van der Waals surface area contributed by atoms with Crippen LogP contribution in [0, 0.1) is 0 Å². The summed E-state index contributed by atoms with van der Waals surface area (Å²) in [6.07, 6.45) is 2.60. The first-order valence-electron chi connectivity index (χ1n) is 3.94. The molecular formula is C10H14O3S. The lowest BCUT2D eigenvalue weighted by Gasteiger charge is -2.04. The molecular weight excluding hydrogens is 200 g/mol. The number of ether oxygens (including phenoxy) is 1. The third-order valence-corrected chi connectivity index (χ3v) is 1.62. The highest BCUT2D eigenvalue weighted by atomic mass is 32.1. The minimum Gasteiger partial charge on any atom is -0.504 e. The van der Waals surface area contributed by atoms with Crippen molar-refractivity contribution in [2.45, 2.75) is 6.42 Å². The van der Waals surface area contributed by atoms with Crippen LogP contribution in [0.15, 0.2) is 30.9 Å². The van der Waals surface area contributed by atoms with Gasteiger partial charge in [0.15, 0.2) is 11.5 Å². The topological polar surface area (TPSA) is 49.7 Å². The van der Waals surface area contributed by atoms with Crippen molar-refractivity contribution in [3.8, 4) is 11.5 Å². The molecule has 3 nitrogen and oxygen atoms in total. The molecule has 0 aliphatic heterocycles. The summed E-state index contributed by atoms with van der Waals surface area (Å²) in [5.74, 6) is 0.680. The summed E-state index contributed by atoms with van der Waals surface area (Å²) in [5, 5.41) is 9.25. The predicted molar refractivity (Wildman–Crippen MR) is 60.2 cm³/mol. The maximum atomic E-state index is 9.25. The van der Waals surface area contributed by atoms with Crippen LogP contribution in [0.3, 0.4) is 0 Å². The molecule has 0 aliphatic carbocycles. The lowest BCUT2D eigenvalue weighted by atomic mass is 10.1. The van der Waals surface area contributed by atoms with Crippen molar-refractivity contribution >= 4 is 12.9 Å². The minimum atomic E-state index is 0.172. The molecule has 14 heavy (non-hydrogen) atoms. The predicted octanol–water partition coefficient (Wildman–Crippen LogP) is 2.52. The number of aromatic hydroxyl groups is 1. The number of phenols is 1. The largest absolute Gasteiger partial charge is 0.504 e. The Balaban J connectivity index is 0.000000791. The van der Waals surface area contributed by atoms with Gasteiger partial charge in [0, 0.05) is 0 Å². The zero-order valence-corrected chi connectivity index (χ0v) is 8.87. The quantitative estimate of drug-likeness (QED) is 0.411. The molecule has 2 N–H and O–H groups in total. The van der Waals surface area contributed by atoms with Gasteiger partial charge in [0.2, 0.25) is 0 Å². The second-order valence-corrected chi connectivity index (χ2v) is 2.50. The molecule has 1 aromatic carbocycles. The number of allylic oxidation sites excluding steroid dienone is 1. The minimum absolute atomic E-state index is 0.172. The highest BCUT2D eigenvalue weighted by Crippen LogP contribution is 2.26. The highest BCUT2D eigenvalue weighted by molar-refractivity contribution is 7.74. The van der Waals surface area contributed by atoms with Crippen molar-refractivity contribution in [2.75, 3.05) is 7.11 Å².